The molecule has 0 aliphatic rings. The molecule has 1 heterocycles. The molecule has 0 aliphatic carbocycles. The number of hydrogen-bond acceptors (Lipinski definition) is 6. The van der Waals surface area contributed by atoms with Crippen molar-refractivity contribution in [2.24, 2.45) is 0 Å². The highest BCUT2D eigenvalue weighted by atomic mass is 32.2. The Morgan fingerprint density at radius 2 is 1.65 bits per heavy atom. The van der Waals surface area contributed by atoms with Crippen LogP contribution >= 0.6 is 11.8 Å². The maximum Gasteiger partial charge on any atom is 0.416 e. The summed E-state index contributed by atoms with van der Waals surface area (Å²) in [6.45, 7) is 3.92. The van der Waals surface area contributed by atoms with Gasteiger partial charge in [-0.3, -0.25) is 4.79 Å². The van der Waals surface area contributed by atoms with E-state index in [4.69, 9.17) is 9.26 Å². The van der Waals surface area contributed by atoms with Crippen LogP contribution in [0.15, 0.2) is 77.3 Å². The Morgan fingerprint density at radius 3 is 2.30 bits per heavy atom. The molecular weight excluding hydrogens is 539 g/mol. The normalized spacial score (nSPS) is 12.3. The van der Waals surface area contributed by atoms with Crippen molar-refractivity contribution in [2.75, 3.05) is 12.4 Å². The lowest BCUT2D eigenvalue weighted by Crippen LogP contribution is -2.05. The predicted molar refractivity (Wildman–Crippen MR) is 150 cm³/mol. The fourth-order valence-corrected chi connectivity index (χ4v) is 5.27. The van der Waals surface area contributed by atoms with Gasteiger partial charge in [-0.15, -0.1) is 0 Å². The van der Waals surface area contributed by atoms with Crippen molar-refractivity contribution in [3.63, 3.8) is 0 Å². The van der Waals surface area contributed by atoms with E-state index in [1.807, 2.05) is 48.5 Å². The molecule has 1 N–H and O–H groups in total. The minimum atomic E-state index is -4.39. The lowest BCUT2D eigenvalue weighted by molar-refractivity contribution is -0.143. The number of aliphatic hydroxyl groups excluding tert-OH is 1. The third-order valence-electron chi connectivity index (χ3n) is 6.40. The van der Waals surface area contributed by atoms with Crippen LogP contribution in [-0.4, -0.2) is 28.6 Å². The number of thioether (sulfide) groups is 1. The van der Waals surface area contributed by atoms with Gasteiger partial charge in [-0.2, -0.15) is 24.9 Å². The van der Waals surface area contributed by atoms with Crippen LogP contribution in [0.1, 0.15) is 47.4 Å². The van der Waals surface area contributed by atoms with Crippen molar-refractivity contribution in [2.45, 2.75) is 44.7 Å². The van der Waals surface area contributed by atoms with E-state index in [1.54, 1.807) is 19.9 Å². The van der Waals surface area contributed by atoms with Crippen LogP contribution in [0.25, 0.3) is 22.5 Å². The monoisotopic (exact) mass is 569 g/mol. The maximum absolute atomic E-state index is 13.0. The van der Waals surface area contributed by atoms with Gasteiger partial charge in [0.25, 0.3) is 0 Å². The number of aryl methyl sites for hydroxylation is 2. The van der Waals surface area contributed by atoms with Crippen molar-refractivity contribution < 1.29 is 32.3 Å². The van der Waals surface area contributed by atoms with E-state index in [0.717, 1.165) is 34.4 Å². The van der Waals surface area contributed by atoms with Gasteiger partial charge >= 0.3 is 12.1 Å². The largest absolute Gasteiger partial charge is 0.466 e. The third kappa shape index (κ3) is 7.55. The zero-order valence-electron chi connectivity index (χ0n) is 22.2. The molecule has 1 atom stereocenters. The molecule has 5 nitrogen and oxygen atoms in total. The molecule has 1 aromatic heterocycles. The van der Waals surface area contributed by atoms with E-state index >= 15 is 0 Å². The Morgan fingerprint density at radius 1 is 1.00 bits per heavy atom. The summed E-state index contributed by atoms with van der Waals surface area (Å²) in [5.74, 6) is 0.859. The van der Waals surface area contributed by atoms with E-state index in [2.05, 4.69) is 5.16 Å². The topological polar surface area (TPSA) is 72.6 Å². The molecule has 0 aliphatic heterocycles. The second-order valence-electron chi connectivity index (χ2n) is 9.32. The number of alkyl halides is 3. The molecule has 4 rings (SSSR count). The average Bonchev–Trinajstić information content (AvgIpc) is 3.33. The van der Waals surface area contributed by atoms with Gasteiger partial charge in [-0.25, -0.2) is 0 Å². The van der Waals surface area contributed by atoms with E-state index in [1.165, 1.54) is 17.8 Å². The number of aliphatic hydroxyl groups is 1. The highest BCUT2D eigenvalue weighted by molar-refractivity contribution is 7.98. The Labute approximate surface area is 235 Å². The Kier molecular flexibility index (Phi) is 9.71. The van der Waals surface area contributed by atoms with E-state index in [0.29, 0.717) is 47.8 Å². The number of carbonyl (C=O) groups excluding carboxylic acids is 1. The number of ether oxygens (including phenoxy) is 1. The molecule has 0 fully saturated rings. The zero-order valence-corrected chi connectivity index (χ0v) is 23.0. The minimum absolute atomic E-state index is 0.205. The number of nitrogens with zero attached hydrogens (tertiary/aromatic N) is 1. The second kappa shape index (κ2) is 13.2. The standard InChI is InChI=1S/C31H30F3NO4S/c1-3-38-28(37)16-9-21-7-10-23(11-8-21)24-12-14-25(15-13-24)30-29(20(2)35-39-30)27(36)19-40-18-22-5-4-6-26(17-22)31(32,33)34/h4-8,10-15,17,27,36H,3,9,16,18-19H2,1-2H3/t27-/m1/s1. The fraction of sp³-hybridized carbons (Fsp3) is 0.290. The van der Waals surface area contributed by atoms with Crippen LogP contribution < -0.4 is 0 Å². The lowest BCUT2D eigenvalue weighted by Gasteiger charge is -2.12. The summed E-state index contributed by atoms with van der Waals surface area (Å²) in [7, 11) is 0. The lowest BCUT2D eigenvalue weighted by atomic mass is 9.98. The first kappa shape index (κ1) is 29.4. The summed E-state index contributed by atoms with van der Waals surface area (Å²) in [4.78, 5) is 11.6. The highest BCUT2D eigenvalue weighted by Crippen LogP contribution is 2.35. The first-order chi connectivity index (χ1) is 19.2. The molecule has 0 radical (unpaired) electrons. The Bertz CT molecular complexity index is 1420. The van der Waals surface area contributed by atoms with Gasteiger partial charge < -0.3 is 14.4 Å². The Balaban J connectivity index is 1.39. The van der Waals surface area contributed by atoms with Crippen molar-refractivity contribution in [1.82, 2.24) is 5.16 Å². The summed E-state index contributed by atoms with van der Waals surface area (Å²) in [5.41, 5.74) is 4.80. The van der Waals surface area contributed by atoms with Crippen LogP contribution in [0.3, 0.4) is 0 Å². The number of carbonyl (C=O) groups is 1. The quantitative estimate of drug-likeness (QED) is 0.186. The highest BCUT2D eigenvalue weighted by Gasteiger charge is 2.30. The molecule has 9 heteroatoms. The number of benzene rings is 3. The molecule has 3 aromatic carbocycles. The van der Waals surface area contributed by atoms with Gasteiger partial charge in [0, 0.05) is 23.5 Å². The molecule has 0 bridgehead atoms. The van der Waals surface area contributed by atoms with E-state index < -0.39 is 17.8 Å². The maximum atomic E-state index is 13.0. The number of rotatable bonds is 11. The SMILES string of the molecule is CCOC(=O)CCc1ccc(-c2ccc(-c3onc(C)c3[C@H](O)CSCc3cccc(C(F)(F)F)c3)cc2)cc1. The van der Waals surface area contributed by atoms with Crippen LogP contribution in [0, 0.1) is 6.92 Å². The summed E-state index contributed by atoms with van der Waals surface area (Å²) in [6, 6.07) is 20.9. The molecule has 4 aromatic rings. The van der Waals surface area contributed by atoms with Gasteiger partial charge in [-0.1, -0.05) is 71.9 Å². The van der Waals surface area contributed by atoms with Crippen LogP contribution in [0.5, 0.6) is 0 Å². The number of hydrogen-bond donors (Lipinski definition) is 1. The number of halogens is 3. The van der Waals surface area contributed by atoms with Gasteiger partial charge in [0.15, 0.2) is 5.76 Å². The van der Waals surface area contributed by atoms with Crippen molar-refractivity contribution in [3.8, 4) is 22.5 Å². The summed E-state index contributed by atoms with van der Waals surface area (Å²) < 4.78 is 49.5. The average molecular weight is 570 g/mol. The van der Waals surface area contributed by atoms with Gasteiger partial charge in [0.1, 0.15) is 0 Å². The first-order valence-corrected chi connectivity index (χ1v) is 14.0. The van der Waals surface area contributed by atoms with Crippen molar-refractivity contribution >= 4 is 17.7 Å². The number of esters is 1. The Hall–Kier alpha value is -3.56. The fourth-order valence-electron chi connectivity index (χ4n) is 4.34. The van der Waals surface area contributed by atoms with Crippen molar-refractivity contribution in [1.29, 1.82) is 0 Å². The molecular formula is C31H30F3NO4S. The molecule has 40 heavy (non-hydrogen) atoms. The van der Waals surface area contributed by atoms with Crippen LogP contribution in [0.2, 0.25) is 0 Å². The minimum Gasteiger partial charge on any atom is -0.466 e. The van der Waals surface area contributed by atoms with Crippen molar-refractivity contribution in [3.05, 3.63) is 101 Å². The predicted octanol–water partition coefficient (Wildman–Crippen LogP) is 7.80. The van der Waals surface area contributed by atoms with Gasteiger partial charge in [0.05, 0.1) is 29.5 Å². The molecule has 0 unspecified atom stereocenters. The van der Waals surface area contributed by atoms with Gasteiger partial charge in [-0.05, 0) is 48.6 Å². The zero-order chi connectivity index (χ0) is 28.7. The third-order valence-corrected chi connectivity index (χ3v) is 7.49. The molecule has 210 valence electrons. The molecule has 0 saturated carbocycles. The van der Waals surface area contributed by atoms with Gasteiger partial charge in [0.2, 0.25) is 0 Å². The first-order valence-electron chi connectivity index (χ1n) is 12.9. The number of aromatic nitrogens is 1. The summed E-state index contributed by atoms with van der Waals surface area (Å²) in [6.07, 6.45) is -4.33. The second-order valence-corrected chi connectivity index (χ2v) is 10.3. The smallest absolute Gasteiger partial charge is 0.416 e. The molecule has 0 amide bonds. The molecule has 0 spiro atoms. The summed E-state index contributed by atoms with van der Waals surface area (Å²) >= 11 is 1.34. The van der Waals surface area contributed by atoms with E-state index in [9.17, 15) is 23.1 Å². The van der Waals surface area contributed by atoms with Crippen LogP contribution in [-0.2, 0) is 27.9 Å². The summed E-state index contributed by atoms with van der Waals surface area (Å²) in [5, 5.41) is 15.0. The van der Waals surface area contributed by atoms with Crippen LogP contribution in [0.4, 0.5) is 13.2 Å². The van der Waals surface area contributed by atoms with E-state index in [-0.39, 0.29) is 11.7 Å². The molecule has 0 saturated heterocycles.